The van der Waals surface area contributed by atoms with Crippen LogP contribution < -0.4 is 15.0 Å². The molecule has 0 bridgehead atoms. The van der Waals surface area contributed by atoms with Crippen molar-refractivity contribution in [2.45, 2.75) is 25.9 Å². The summed E-state index contributed by atoms with van der Waals surface area (Å²) in [5, 5.41) is 2.65. The van der Waals surface area contributed by atoms with Crippen LogP contribution in [-0.2, 0) is 19.1 Å². The lowest BCUT2D eigenvalue weighted by Crippen LogP contribution is -2.29. The number of nitrogens with zero attached hydrogens (tertiary/aromatic N) is 1. The van der Waals surface area contributed by atoms with E-state index >= 15 is 0 Å². The maximum atomic E-state index is 12.0. The largest absolute Gasteiger partial charge is 0.479 e. The highest BCUT2D eigenvalue weighted by molar-refractivity contribution is 5.96. The van der Waals surface area contributed by atoms with Crippen molar-refractivity contribution >= 4 is 29.2 Å². The SMILES string of the molecule is C[C@H](Oc1ccccc1)C(=O)OCC(=O)Nc1ccc(N2CCCC2=O)cc1. The van der Waals surface area contributed by atoms with E-state index in [1.165, 1.54) is 0 Å². The van der Waals surface area contributed by atoms with Crippen molar-refractivity contribution in [1.82, 2.24) is 0 Å². The summed E-state index contributed by atoms with van der Waals surface area (Å²) in [6.07, 6.45) is 0.596. The molecule has 0 aliphatic carbocycles. The van der Waals surface area contributed by atoms with Gasteiger partial charge in [-0.15, -0.1) is 0 Å². The Kier molecular flexibility index (Phi) is 6.26. The molecule has 0 radical (unpaired) electrons. The van der Waals surface area contributed by atoms with Gasteiger partial charge in [0.15, 0.2) is 12.7 Å². The van der Waals surface area contributed by atoms with E-state index in [0.717, 1.165) is 12.1 Å². The zero-order valence-electron chi connectivity index (χ0n) is 15.6. The highest BCUT2D eigenvalue weighted by atomic mass is 16.6. The average molecular weight is 382 g/mol. The van der Waals surface area contributed by atoms with Gasteiger partial charge in [-0.25, -0.2) is 4.79 Å². The molecule has 1 aliphatic rings. The second-order valence-electron chi connectivity index (χ2n) is 6.42. The maximum Gasteiger partial charge on any atom is 0.347 e. The second kappa shape index (κ2) is 9.03. The quantitative estimate of drug-likeness (QED) is 0.745. The number of amides is 2. The fourth-order valence-electron chi connectivity index (χ4n) is 2.85. The number of hydrogen-bond donors (Lipinski definition) is 1. The van der Waals surface area contributed by atoms with Crippen LogP contribution in [0.25, 0.3) is 0 Å². The highest BCUT2D eigenvalue weighted by Gasteiger charge is 2.21. The van der Waals surface area contributed by atoms with E-state index in [1.807, 2.05) is 6.07 Å². The van der Waals surface area contributed by atoms with E-state index in [4.69, 9.17) is 9.47 Å². The molecule has 0 aromatic heterocycles. The number of esters is 1. The van der Waals surface area contributed by atoms with Crippen LogP contribution in [0.15, 0.2) is 54.6 Å². The van der Waals surface area contributed by atoms with Crippen molar-refractivity contribution in [1.29, 1.82) is 0 Å². The second-order valence-corrected chi connectivity index (χ2v) is 6.42. The summed E-state index contributed by atoms with van der Waals surface area (Å²) >= 11 is 0. The fraction of sp³-hybridized carbons (Fsp3) is 0.286. The third-order valence-electron chi connectivity index (χ3n) is 4.27. The highest BCUT2D eigenvalue weighted by Crippen LogP contribution is 2.23. The Bertz CT molecular complexity index is 836. The molecular weight excluding hydrogens is 360 g/mol. The van der Waals surface area contributed by atoms with Gasteiger partial charge in [0.05, 0.1) is 0 Å². The summed E-state index contributed by atoms with van der Waals surface area (Å²) in [4.78, 5) is 37.4. The number of carbonyl (C=O) groups is 3. The minimum absolute atomic E-state index is 0.107. The third kappa shape index (κ3) is 5.09. The number of para-hydroxylation sites is 1. The molecule has 0 saturated carbocycles. The van der Waals surface area contributed by atoms with Gasteiger partial charge in [-0.2, -0.15) is 0 Å². The number of carbonyl (C=O) groups excluding carboxylic acids is 3. The Hall–Kier alpha value is -3.35. The normalized spacial score (nSPS) is 14.5. The molecule has 1 saturated heterocycles. The number of ether oxygens (including phenoxy) is 2. The Morgan fingerprint density at radius 3 is 2.46 bits per heavy atom. The van der Waals surface area contributed by atoms with Gasteiger partial charge in [0.2, 0.25) is 5.91 Å². The van der Waals surface area contributed by atoms with Crippen molar-refractivity contribution in [3.8, 4) is 5.75 Å². The molecule has 1 aliphatic heterocycles. The molecule has 2 amide bonds. The molecule has 1 N–H and O–H groups in total. The monoisotopic (exact) mass is 382 g/mol. The lowest BCUT2D eigenvalue weighted by Gasteiger charge is -2.16. The molecule has 7 nitrogen and oxygen atoms in total. The van der Waals surface area contributed by atoms with Crippen molar-refractivity contribution < 1.29 is 23.9 Å². The zero-order valence-corrected chi connectivity index (χ0v) is 15.6. The smallest absolute Gasteiger partial charge is 0.347 e. The molecule has 2 aromatic rings. The summed E-state index contributed by atoms with van der Waals surface area (Å²) < 4.78 is 10.5. The molecule has 1 heterocycles. The first-order chi connectivity index (χ1) is 13.5. The van der Waals surface area contributed by atoms with Gasteiger partial charge in [-0.3, -0.25) is 9.59 Å². The molecule has 0 unspecified atom stereocenters. The number of nitrogens with one attached hydrogen (secondary N) is 1. The number of hydrogen-bond acceptors (Lipinski definition) is 5. The lowest BCUT2D eigenvalue weighted by molar-refractivity contribution is -0.153. The maximum absolute atomic E-state index is 12.0. The van der Waals surface area contributed by atoms with Crippen LogP contribution in [-0.4, -0.2) is 37.0 Å². The van der Waals surface area contributed by atoms with Crippen LogP contribution >= 0.6 is 0 Å². The molecular formula is C21H22N2O5. The van der Waals surface area contributed by atoms with E-state index in [9.17, 15) is 14.4 Å². The molecule has 7 heteroatoms. The predicted octanol–water partition coefficient (Wildman–Crippen LogP) is 2.76. The Balaban J connectivity index is 1.44. The third-order valence-corrected chi connectivity index (χ3v) is 4.27. The number of anilines is 2. The van der Waals surface area contributed by atoms with E-state index in [1.54, 1.807) is 60.4 Å². The van der Waals surface area contributed by atoms with E-state index in [2.05, 4.69) is 5.32 Å². The predicted molar refractivity (Wildman–Crippen MR) is 104 cm³/mol. The van der Waals surface area contributed by atoms with Gasteiger partial charge in [0.1, 0.15) is 5.75 Å². The molecule has 2 aromatic carbocycles. The van der Waals surface area contributed by atoms with E-state index in [0.29, 0.717) is 24.4 Å². The molecule has 146 valence electrons. The first-order valence-electron chi connectivity index (χ1n) is 9.11. The molecule has 0 spiro atoms. The van der Waals surface area contributed by atoms with Gasteiger partial charge in [0, 0.05) is 24.3 Å². The lowest BCUT2D eigenvalue weighted by atomic mass is 10.2. The first-order valence-corrected chi connectivity index (χ1v) is 9.11. The Labute approximate surface area is 163 Å². The van der Waals surface area contributed by atoms with Gasteiger partial charge in [-0.05, 0) is 49.7 Å². The van der Waals surface area contributed by atoms with Gasteiger partial charge in [-0.1, -0.05) is 18.2 Å². The molecule has 3 rings (SSSR count). The molecule has 28 heavy (non-hydrogen) atoms. The zero-order chi connectivity index (χ0) is 19.9. The topological polar surface area (TPSA) is 84.9 Å². The van der Waals surface area contributed by atoms with Crippen LogP contribution in [0.2, 0.25) is 0 Å². The summed E-state index contributed by atoms with van der Waals surface area (Å²) in [5.74, 6) is -0.421. The minimum atomic E-state index is -0.826. The summed E-state index contributed by atoms with van der Waals surface area (Å²) in [5.41, 5.74) is 1.36. The van der Waals surface area contributed by atoms with Crippen LogP contribution in [0.5, 0.6) is 5.75 Å². The van der Waals surface area contributed by atoms with E-state index in [-0.39, 0.29) is 5.91 Å². The Morgan fingerprint density at radius 1 is 1.11 bits per heavy atom. The summed E-state index contributed by atoms with van der Waals surface area (Å²) in [6.45, 7) is 1.86. The van der Waals surface area contributed by atoms with Gasteiger partial charge in [0.25, 0.3) is 5.91 Å². The van der Waals surface area contributed by atoms with Crippen molar-refractivity contribution in [3.63, 3.8) is 0 Å². The standard InChI is InChI=1S/C21H22N2O5/c1-15(28-18-6-3-2-4-7-18)21(26)27-14-19(24)22-16-9-11-17(12-10-16)23-13-5-8-20(23)25/h2-4,6-7,9-12,15H,5,8,13-14H2,1H3,(H,22,24)/t15-/m0/s1. The summed E-state index contributed by atoms with van der Waals surface area (Å²) in [6, 6.07) is 15.9. The first kappa shape index (κ1) is 19.4. The minimum Gasteiger partial charge on any atom is -0.479 e. The number of benzene rings is 2. The molecule has 1 fully saturated rings. The fourth-order valence-corrected chi connectivity index (χ4v) is 2.85. The van der Waals surface area contributed by atoms with Gasteiger partial charge >= 0.3 is 5.97 Å². The van der Waals surface area contributed by atoms with Gasteiger partial charge < -0.3 is 19.7 Å². The Morgan fingerprint density at radius 2 is 1.82 bits per heavy atom. The van der Waals surface area contributed by atoms with Crippen LogP contribution in [0.3, 0.4) is 0 Å². The van der Waals surface area contributed by atoms with Crippen molar-refractivity contribution in [3.05, 3.63) is 54.6 Å². The molecule has 1 atom stereocenters. The summed E-state index contributed by atoms with van der Waals surface area (Å²) in [7, 11) is 0. The van der Waals surface area contributed by atoms with Crippen LogP contribution in [0.1, 0.15) is 19.8 Å². The van der Waals surface area contributed by atoms with Crippen molar-refractivity contribution in [2.75, 3.05) is 23.4 Å². The van der Waals surface area contributed by atoms with Crippen LogP contribution in [0, 0.1) is 0 Å². The van der Waals surface area contributed by atoms with E-state index < -0.39 is 24.6 Å². The van der Waals surface area contributed by atoms with Crippen LogP contribution in [0.4, 0.5) is 11.4 Å². The van der Waals surface area contributed by atoms with Crippen molar-refractivity contribution in [2.24, 2.45) is 0 Å². The number of rotatable bonds is 7. The average Bonchev–Trinajstić information content (AvgIpc) is 3.13.